The summed E-state index contributed by atoms with van der Waals surface area (Å²) < 4.78 is 10.2. The van der Waals surface area contributed by atoms with Crippen molar-refractivity contribution in [2.75, 3.05) is 6.54 Å². The molecule has 94 valence electrons. The number of hydrogen-bond donors (Lipinski definition) is 4. The van der Waals surface area contributed by atoms with Crippen LogP contribution in [0.4, 0.5) is 0 Å². The van der Waals surface area contributed by atoms with E-state index in [0.717, 1.165) is 0 Å². The van der Waals surface area contributed by atoms with Crippen molar-refractivity contribution in [2.24, 2.45) is 16.5 Å². The van der Waals surface area contributed by atoms with Crippen LogP contribution in [-0.4, -0.2) is 29.6 Å². The first-order valence-corrected chi connectivity index (χ1v) is 5.85. The molecule has 0 unspecified atom stereocenters. The summed E-state index contributed by atoms with van der Waals surface area (Å²) in [4.78, 5) is 34.1. The summed E-state index contributed by atoms with van der Waals surface area (Å²) in [5.41, 5.74) is 10.3. The Hall–Kier alpha value is 0.0448. The second-order valence-corrected chi connectivity index (χ2v) is 4.18. The molecule has 12 heteroatoms. The fourth-order valence-corrected chi connectivity index (χ4v) is 1.16. The molecule has 0 amide bonds. The van der Waals surface area contributed by atoms with Crippen LogP contribution in [0.2, 0.25) is 0 Å². The molecule has 0 radical (unpaired) electrons. The van der Waals surface area contributed by atoms with Gasteiger partial charge in [0.15, 0.2) is 5.96 Å². The van der Waals surface area contributed by atoms with Crippen LogP contribution >= 0.6 is 7.75 Å². The smallest absolute Gasteiger partial charge is 0.795 e. The predicted molar refractivity (Wildman–Crippen MR) is 52.1 cm³/mol. The van der Waals surface area contributed by atoms with E-state index in [1.54, 1.807) is 0 Å². The van der Waals surface area contributed by atoms with Crippen LogP contribution in [-0.2, 0) is 9.36 Å². The fourth-order valence-electron chi connectivity index (χ4n) is 0.810. The molecule has 0 aromatic heterocycles. The molecule has 0 fully saturated rings. The quantitative estimate of drug-likeness (QED) is 0.120. The maximum absolute atomic E-state index is 10.3. The van der Waals surface area contributed by atoms with Gasteiger partial charge < -0.3 is 36.0 Å². The van der Waals surface area contributed by atoms with E-state index in [1.807, 2.05) is 0 Å². The number of carbonyl (C=O) groups is 1. The van der Waals surface area contributed by atoms with Crippen LogP contribution in [0.1, 0.15) is 12.8 Å². The van der Waals surface area contributed by atoms with Gasteiger partial charge >= 0.3 is 43.7 Å². The number of nitrogens with two attached hydrogens (primary N) is 2. The van der Waals surface area contributed by atoms with Crippen LogP contribution in [0.15, 0.2) is 4.99 Å². The van der Waals surface area contributed by atoms with E-state index in [4.69, 9.17) is 16.6 Å². The second kappa shape index (κ2) is 10.9. The van der Waals surface area contributed by atoms with Crippen LogP contribution in [0.5, 0.6) is 0 Å². The van der Waals surface area contributed by atoms with E-state index in [9.17, 15) is 19.1 Å². The molecule has 0 saturated carbocycles. The van der Waals surface area contributed by atoms with Crippen molar-refractivity contribution >= 4 is 19.7 Å². The number of guanidine groups is 1. The molecular weight excluding hydrogens is 253 g/mol. The summed E-state index contributed by atoms with van der Waals surface area (Å²) in [6, 6.07) is -0.991. The third-order valence-electron chi connectivity index (χ3n) is 1.52. The number of hydrogen-bond acceptors (Lipinski definition) is 6. The van der Waals surface area contributed by atoms with Crippen LogP contribution in [0.3, 0.4) is 0 Å². The van der Waals surface area contributed by atoms with E-state index in [0.29, 0.717) is 6.42 Å². The van der Waals surface area contributed by atoms with Gasteiger partial charge in [-0.1, -0.05) is 0 Å². The Bertz CT molecular complexity index is 323. The van der Waals surface area contributed by atoms with Crippen molar-refractivity contribution in [3.63, 3.8) is 0 Å². The van der Waals surface area contributed by atoms with Gasteiger partial charge in [-0.3, -0.25) is 9.79 Å². The summed E-state index contributed by atoms with van der Waals surface area (Å²) >= 11 is 0. The van der Waals surface area contributed by atoms with Gasteiger partial charge in [-0.15, -0.1) is 0 Å². The molecule has 0 rings (SSSR count). The van der Waals surface area contributed by atoms with Gasteiger partial charge in [-0.25, -0.2) is 0 Å². The molecule has 0 aromatic rings. The summed E-state index contributed by atoms with van der Waals surface area (Å²) in [6.07, 6.45) is 0.496. The standard InChI is InChI=1S/C6H15N4O5P.2Li/c7-4(5(11)12)2-1-3-9-6(8)10-16(13,14)15;;/h4H,1-3,7H2,(H,11,12)(H5,8,9,10,13,14,15);;/q;2*+1/p-2/t4-;;/m0../s1. The Morgan fingerprint density at radius 2 is 1.94 bits per heavy atom. The Labute approximate surface area is 128 Å². The van der Waals surface area contributed by atoms with Crippen molar-refractivity contribution < 1.29 is 62.0 Å². The minimum atomic E-state index is -4.93. The van der Waals surface area contributed by atoms with Crippen LogP contribution in [0, 0.1) is 0 Å². The number of aliphatic carboxylic acids is 1. The van der Waals surface area contributed by atoms with Gasteiger partial charge in [0.05, 0.1) is 0 Å². The molecular formula is C6H13Li2N4O5P. The summed E-state index contributed by atoms with van der Waals surface area (Å²) in [5, 5.41) is 9.88. The fraction of sp³-hybridized carbons (Fsp3) is 0.667. The van der Waals surface area contributed by atoms with Crippen molar-refractivity contribution in [2.45, 2.75) is 18.9 Å². The topological polar surface area (TPSA) is 177 Å². The number of carboxylic acids is 1. The molecule has 0 aliphatic rings. The average molecular weight is 266 g/mol. The van der Waals surface area contributed by atoms with Gasteiger partial charge in [0.2, 0.25) is 0 Å². The third kappa shape index (κ3) is 14.1. The van der Waals surface area contributed by atoms with Crippen molar-refractivity contribution in [1.82, 2.24) is 5.09 Å². The van der Waals surface area contributed by atoms with E-state index in [2.05, 4.69) is 4.99 Å². The SMILES string of the molecule is NC(=NCCC[C@H](N)C(=O)O)NP(=O)([O-])[O-].[Li+].[Li+]. The van der Waals surface area contributed by atoms with E-state index in [1.165, 1.54) is 5.09 Å². The molecule has 0 heterocycles. The van der Waals surface area contributed by atoms with E-state index >= 15 is 0 Å². The van der Waals surface area contributed by atoms with Gasteiger partial charge in [0.25, 0.3) is 0 Å². The molecule has 0 saturated heterocycles. The second-order valence-electron chi connectivity index (χ2n) is 2.96. The zero-order valence-corrected chi connectivity index (χ0v) is 11.2. The average Bonchev–Trinajstić information content (AvgIpc) is 2.08. The van der Waals surface area contributed by atoms with Crippen LogP contribution < -0.4 is 64.1 Å². The maximum Gasteiger partial charge on any atom is 1.00 e. The van der Waals surface area contributed by atoms with Gasteiger partial charge in [0.1, 0.15) is 6.04 Å². The number of nitrogens with zero attached hydrogens (tertiary/aromatic N) is 1. The van der Waals surface area contributed by atoms with E-state index < -0.39 is 25.7 Å². The number of aliphatic imine (C=N–C) groups is 1. The van der Waals surface area contributed by atoms with E-state index in [-0.39, 0.29) is 50.7 Å². The van der Waals surface area contributed by atoms with Crippen molar-refractivity contribution in [3.8, 4) is 0 Å². The monoisotopic (exact) mass is 266 g/mol. The van der Waals surface area contributed by atoms with Crippen LogP contribution in [0.25, 0.3) is 0 Å². The largest absolute Gasteiger partial charge is 1.00 e. The number of nitrogens with one attached hydrogen (secondary N) is 1. The first kappa shape index (κ1) is 23.2. The molecule has 0 aliphatic carbocycles. The van der Waals surface area contributed by atoms with Crippen molar-refractivity contribution in [1.29, 1.82) is 0 Å². The third-order valence-corrected chi connectivity index (χ3v) is 2.03. The summed E-state index contributed by atoms with van der Waals surface area (Å²) in [6.45, 7) is 0.0831. The summed E-state index contributed by atoms with van der Waals surface area (Å²) in [5.74, 6) is -1.64. The predicted octanol–water partition coefficient (Wildman–Crippen LogP) is -9.08. The minimum absolute atomic E-state index is 0. The zero-order chi connectivity index (χ0) is 12.8. The maximum atomic E-state index is 10.3. The minimum Gasteiger partial charge on any atom is -0.795 e. The number of rotatable bonds is 6. The van der Waals surface area contributed by atoms with Gasteiger partial charge in [-0.05, 0) is 12.8 Å². The molecule has 0 bridgehead atoms. The summed E-state index contributed by atoms with van der Waals surface area (Å²) in [7, 11) is -4.93. The molecule has 1 atom stereocenters. The molecule has 0 aromatic carbocycles. The Morgan fingerprint density at radius 1 is 1.44 bits per heavy atom. The van der Waals surface area contributed by atoms with Gasteiger partial charge in [0, 0.05) is 14.3 Å². The normalized spacial score (nSPS) is 12.9. The first-order valence-electron chi connectivity index (χ1n) is 4.31. The Morgan fingerprint density at radius 3 is 2.33 bits per heavy atom. The molecule has 9 nitrogen and oxygen atoms in total. The van der Waals surface area contributed by atoms with Crippen molar-refractivity contribution in [3.05, 3.63) is 0 Å². The number of carboxylic acid groups (broad SMARTS) is 1. The van der Waals surface area contributed by atoms with Gasteiger partial charge in [-0.2, -0.15) is 0 Å². The Kier molecular flexibility index (Phi) is 14.1. The Balaban J connectivity index is -0.00000112. The molecule has 18 heavy (non-hydrogen) atoms. The molecule has 0 spiro atoms. The molecule has 6 N–H and O–H groups in total. The molecule has 0 aliphatic heterocycles. The first-order chi connectivity index (χ1) is 7.22. The zero-order valence-electron chi connectivity index (χ0n) is 10.3.